The summed E-state index contributed by atoms with van der Waals surface area (Å²) in [6.07, 6.45) is -3.22. The van der Waals surface area contributed by atoms with E-state index < -0.39 is 36.7 Å². The molecule has 0 aliphatic carbocycles. The first kappa shape index (κ1) is 13.2. The lowest BCUT2D eigenvalue weighted by Gasteiger charge is -2.18. The summed E-state index contributed by atoms with van der Waals surface area (Å²) in [7, 11) is 0. The molecule has 8 nitrogen and oxygen atoms in total. The van der Waals surface area contributed by atoms with Gasteiger partial charge in [-0.2, -0.15) is 0 Å². The topological polar surface area (TPSA) is 134 Å². The number of rotatable bonds is 2. The maximum atomic E-state index is 11.2. The molecule has 2 rings (SSSR count). The fourth-order valence-electron chi connectivity index (χ4n) is 1.80. The summed E-state index contributed by atoms with van der Waals surface area (Å²) in [5.74, 6) is 0. The number of hydrogen-bond acceptors (Lipinski definition) is 7. The number of nitrogens with one attached hydrogen (secondary N) is 1. The minimum atomic E-state index is -1.28. The van der Waals surface area contributed by atoms with Crippen molar-refractivity contribution < 1.29 is 20.1 Å². The average molecular weight is 275 g/mol. The number of nitrogens with two attached hydrogens (primary N) is 1. The summed E-state index contributed by atoms with van der Waals surface area (Å²) < 4.78 is 6.50. The number of nitrogen functional groups attached to an aromatic ring is 1. The average Bonchev–Trinajstić information content (AvgIpc) is 2.61. The fraction of sp³-hybridized carbons (Fsp3) is 0.556. The maximum Gasteiger partial charge on any atom is 0.274 e. The highest BCUT2D eigenvalue weighted by Gasteiger charge is 2.43. The number of nitrogens with zero attached hydrogens (tertiary/aromatic N) is 1. The molecular formula is C9H13N3O5S. The molecule has 0 unspecified atom stereocenters. The monoisotopic (exact) mass is 275 g/mol. The molecular weight excluding hydrogens is 262 g/mol. The number of aromatic nitrogens is 2. The fourth-order valence-corrected chi connectivity index (χ4v) is 2.05. The summed E-state index contributed by atoms with van der Waals surface area (Å²) in [4.78, 5) is 13.5. The third-order valence-electron chi connectivity index (χ3n) is 2.79. The molecule has 1 aliphatic heterocycles. The Kier molecular flexibility index (Phi) is 3.50. The van der Waals surface area contributed by atoms with Gasteiger partial charge in [0.1, 0.15) is 24.0 Å². The molecule has 18 heavy (non-hydrogen) atoms. The van der Waals surface area contributed by atoms with E-state index in [1.54, 1.807) is 0 Å². The molecule has 0 radical (unpaired) electrons. The number of aromatic amines is 1. The van der Waals surface area contributed by atoms with Gasteiger partial charge in [0.15, 0.2) is 11.0 Å². The van der Waals surface area contributed by atoms with Crippen LogP contribution in [0.2, 0.25) is 0 Å². The van der Waals surface area contributed by atoms with E-state index in [2.05, 4.69) is 4.98 Å². The van der Waals surface area contributed by atoms with Crippen LogP contribution in [0, 0.1) is 4.77 Å². The van der Waals surface area contributed by atoms with E-state index in [9.17, 15) is 15.0 Å². The van der Waals surface area contributed by atoms with E-state index >= 15 is 0 Å². The molecule has 0 aromatic carbocycles. The first-order chi connectivity index (χ1) is 8.45. The van der Waals surface area contributed by atoms with E-state index in [1.165, 1.54) is 10.8 Å². The zero-order valence-electron chi connectivity index (χ0n) is 9.18. The van der Waals surface area contributed by atoms with E-state index in [-0.39, 0.29) is 10.5 Å². The second kappa shape index (κ2) is 4.78. The van der Waals surface area contributed by atoms with Gasteiger partial charge in [-0.1, -0.05) is 0 Å². The first-order valence-corrected chi connectivity index (χ1v) is 5.60. The molecule has 0 spiro atoms. The van der Waals surface area contributed by atoms with Crippen LogP contribution >= 0.6 is 12.2 Å². The second-order valence-corrected chi connectivity index (χ2v) is 4.37. The third-order valence-corrected chi connectivity index (χ3v) is 3.10. The van der Waals surface area contributed by atoms with Gasteiger partial charge in [-0.15, -0.1) is 0 Å². The van der Waals surface area contributed by atoms with Crippen molar-refractivity contribution >= 4 is 17.9 Å². The predicted molar refractivity (Wildman–Crippen MR) is 63.3 cm³/mol. The Bertz CT molecular complexity index is 556. The van der Waals surface area contributed by atoms with Gasteiger partial charge in [0.2, 0.25) is 0 Å². The first-order valence-electron chi connectivity index (χ1n) is 5.19. The van der Waals surface area contributed by atoms with Crippen molar-refractivity contribution in [3.05, 3.63) is 21.3 Å². The lowest BCUT2D eigenvalue weighted by Crippen LogP contribution is -2.33. The van der Waals surface area contributed by atoms with E-state index in [4.69, 9.17) is 27.8 Å². The Balaban J connectivity index is 2.42. The number of hydrogen-bond donors (Lipinski definition) is 5. The quantitative estimate of drug-likeness (QED) is 0.398. The van der Waals surface area contributed by atoms with Crippen molar-refractivity contribution in [3.63, 3.8) is 0 Å². The molecule has 6 N–H and O–H groups in total. The molecule has 1 saturated heterocycles. The van der Waals surface area contributed by atoms with E-state index in [0.29, 0.717) is 0 Å². The van der Waals surface area contributed by atoms with Gasteiger partial charge in [0.05, 0.1) is 6.61 Å². The predicted octanol–water partition coefficient (Wildman–Crippen LogP) is -1.90. The van der Waals surface area contributed by atoms with Gasteiger partial charge in [-0.05, 0) is 12.2 Å². The van der Waals surface area contributed by atoms with Crippen LogP contribution in [0.1, 0.15) is 6.23 Å². The lowest BCUT2D eigenvalue weighted by atomic mass is 10.1. The Morgan fingerprint density at radius 1 is 1.50 bits per heavy atom. The van der Waals surface area contributed by atoms with Crippen molar-refractivity contribution in [1.82, 2.24) is 9.55 Å². The lowest BCUT2D eigenvalue weighted by molar-refractivity contribution is -0.0540. The molecule has 0 bridgehead atoms. The van der Waals surface area contributed by atoms with Crippen LogP contribution < -0.4 is 11.3 Å². The van der Waals surface area contributed by atoms with Crippen molar-refractivity contribution in [1.29, 1.82) is 0 Å². The van der Waals surface area contributed by atoms with Crippen LogP contribution in [-0.2, 0) is 4.74 Å². The molecule has 100 valence electrons. The van der Waals surface area contributed by atoms with Crippen molar-refractivity contribution in [2.75, 3.05) is 12.3 Å². The molecule has 1 aromatic heterocycles. The summed E-state index contributed by atoms with van der Waals surface area (Å²) in [5, 5.41) is 28.4. The van der Waals surface area contributed by atoms with Crippen LogP contribution in [0.5, 0.6) is 0 Å². The highest BCUT2D eigenvalue weighted by molar-refractivity contribution is 7.71. The maximum absolute atomic E-state index is 11.2. The van der Waals surface area contributed by atoms with E-state index in [0.717, 1.165) is 0 Å². The highest BCUT2D eigenvalue weighted by Crippen LogP contribution is 2.29. The number of ether oxygens (including phenoxy) is 1. The Morgan fingerprint density at radius 3 is 2.72 bits per heavy atom. The number of anilines is 1. The Morgan fingerprint density at radius 2 is 2.17 bits per heavy atom. The van der Waals surface area contributed by atoms with Gasteiger partial charge in [-0.3, -0.25) is 14.3 Å². The van der Waals surface area contributed by atoms with Crippen LogP contribution in [0.3, 0.4) is 0 Å². The summed E-state index contributed by atoms with van der Waals surface area (Å²) >= 11 is 4.92. The van der Waals surface area contributed by atoms with Crippen molar-refractivity contribution in [2.24, 2.45) is 0 Å². The largest absolute Gasteiger partial charge is 0.394 e. The molecule has 1 fully saturated rings. The standard InChI is InChI=1S/C9H13N3O5S/c10-3-1-12(9(18)11-7(3)16)8-6(15)5(14)4(2-13)17-8/h1,4-6,8,13-15H,2,10H2,(H,11,16,18)/t4-,5-,6-,8-/m1/s1. The smallest absolute Gasteiger partial charge is 0.274 e. The van der Waals surface area contributed by atoms with E-state index in [1.807, 2.05) is 0 Å². The number of H-pyrrole nitrogens is 1. The van der Waals surface area contributed by atoms with Gasteiger partial charge in [0.25, 0.3) is 5.56 Å². The van der Waals surface area contributed by atoms with Crippen LogP contribution in [0.4, 0.5) is 5.69 Å². The Hall–Kier alpha value is -1.26. The molecule has 0 saturated carbocycles. The van der Waals surface area contributed by atoms with Gasteiger partial charge >= 0.3 is 0 Å². The van der Waals surface area contributed by atoms with Crippen LogP contribution in [0.15, 0.2) is 11.0 Å². The summed E-state index contributed by atoms with van der Waals surface area (Å²) in [6.45, 7) is -0.444. The molecule has 1 aliphatic rings. The van der Waals surface area contributed by atoms with Gasteiger partial charge < -0.3 is 25.8 Å². The summed E-state index contributed by atoms with van der Waals surface area (Å²) in [5.41, 5.74) is 4.81. The second-order valence-electron chi connectivity index (χ2n) is 3.98. The minimum Gasteiger partial charge on any atom is -0.394 e. The number of aliphatic hydroxyl groups is 3. The normalized spacial score (nSPS) is 31.7. The molecule has 0 amide bonds. The van der Waals surface area contributed by atoms with Crippen molar-refractivity contribution in [2.45, 2.75) is 24.5 Å². The molecule has 1 aromatic rings. The van der Waals surface area contributed by atoms with Gasteiger partial charge in [-0.25, -0.2) is 0 Å². The van der Waals surface area contributed by atoms with Crippen molar-refractivity contribution in [3.8, 4) is 0 Å². The SMILES string of the molecule is Nc1cn([C@@H]2O[C@H](CO)[C@@H](O)[C@H]2O)c(=S)[nH]c1=O. The minimum absolute atomic E-state index is 0.00374. The highest BCUT2D eigenvalue weighted by atomic mass is 32.1. The third kappa shape index (κ3) is 2.06. The molecule has 4 atom stereocenters. The summed E-state index contributed by atoms with van der Waals surface area (Å²) in [6, 6.07) is 0. The van der Waals surface area contributed by atoms with Crippen LogP contribution in [-0.4, -0.2) is 49.8 Å². The van der Waals surface area contributed by atoms with Crippen LogP contribution in [0.25, 0.3) is 0 Å². The number of aliphatic hydroxyl groups excluding tert-OH is 3. The Labute approximate surface area is 106 Å². The molecule has 2 heterocycles. The zero-order valence-corrected chi connectivity index (χ0v) is 10.0. The van der Waals surface area contributed by atoms with Gasteiger partial charge in [0, 0.05) is 6.20 Å². The zero-order chi connectivity index (χ0) is 13.4. The molecule has 9 heteroatoms.